The quantitative estimate of drug-likeness (QED) is 0.175. The maximum atomic E-state index is 6.96. The lowest BCUT2D eigenvalue weighted by Crippen LogP contribution is -2.00. The predicted molar refractivity (Wildman–Crippen MR) is 250 cm³/mol. The molecular weight excluding hydrogens is 747 g/mol. The molecule has 0 N–H and O–H groups in total. The fourth-order valence-electron chi connectivity index (χ4n) is 9.46. The number of benzene rings is 9. The van der Waals surface area contributed by atoms with E-state index in [0.29, 0.717) is 17.5 Å². The van der Waals surface area contributed by atoms with Crippen LogP contribution in [0.3, 0.4) is 0 Å². The molecule has 13 aromatic rings. The van der Waals surface area contributed by atoms with Gasteiger partial charge in [-0.25, -0.2) is 15.0 Å². The molecule has 4 aromatic heterocycles. The zero-order chi connectivity index (χ0) is 40.0. The van der Waals surface area contributed by atoms with E-state index in [9.17, 15) is 0 Å². The van der Waals surface area contributed by atoms with Crippen LogP contribution in [0.15, 0.2) is 205 Å². The third-order valence-corrected chi connectivity index (χ3v) is 12.1. The second-order valence-corrected chi connectivity index (χ2v) is 15.6. The lowest BCUT2D eigenvalue weighted by Gasteiger charge is -2.12. The van der Waals surface area contributed by atoms with Crippen molar-refractivity contribution in [1.82, 2.24) is 24.1 Å². The minimum atomic E-state index is 0.557. The summed E-state index contributed by atoms with van der Waals surface area (Å²) in [6.45, 7) is 0. The van der Waals surface area contributed by atoms with Crippen LogP contribution in [-0.2, 0) is 0 Å². The first-order valence-corrected chi connectivity index (χ1v) is 20.5. The number of para-hydroxylation sites is 3. The van der Waals surface area contributed by atoms with Crippen LogP contribution < -0.4 is 0 Å². The Morgan fingerprint density at radius 1 is 0.361 bits per heavy atom. The van der Waals surface area contributed by atoms with Crippen molar-refractivity contribution in [3.05, 3.63) is 200 Å². The highest BCUT2D eigenvalue weighted by Gasteiger charge is 2.24. The second-order valence-electron chi connectivity index (χ2n) is 15.6. The topological polar surface area (TPSA) is 61.7 Å². The van der Waals surface area contributed by atoms with Crippen LogP contribution >= 0.6 is 0 Å². The van der Waals surface area contributed by atoms with Gasteiger partial charge in [0.1, 0.15) is 11.2 Å². The lowest BCUT2D eigenvalue weighted by molar-refractivity contribution is 0.669. The van der Waals surface area contributed by atoms with Crippen LogP contribution in [0, 0.1) is 0 Å². The van der Waals surface area contributed by atoms with Crippen molar-refractivity contribution >= 4 is 76.3 Å². The van der Waals surface area contributed by atoms with Crippen molar-refractivity contribution in [2.45, 2.75) is 0 Å². The minimum absolute atomic E-state index is 0.557. The van der Waals surface area contributed by atoms with Gasteiger partial charge in [0.15, 0.2) is 17.5 Å². The van der Waals surface area contributed by atoms with Gasteiger partial charge in [0, 0.05) is 54.8 Å². The Kier molecular flexibility index (Phi) is 7.21. The van der Waals surface area contributed by atoms with E-state index in [1.807, 2.05) is 60.7 Å². The summed E-state index contributed by atoms with van der Waals surface area (Å²) in [4.78, 5) is 15.3. The Morgan fingerprint density at radius 2 is 0.869 bits per heavy atom. The van der Waals surface area contributed by atoms with E-state index in [0.717, 1.165) is 71.8 Å². The molecule has 0 aliphatic rings. The number of fused-ring (bicyclic) bond motifs is 12. The molecule has 13 rings (SSSR count). The second kappa shape index (κ2) is 13.1. The fourth-order valence-corrected chi connectivity index (χ4v) is 9.46. The molecule has 0 aliphatic carbocycles. The molecule has 284 valence electrons. The van der Waals surface area contributed by atoms with Crippen LogP contribution in [0.1, 0.15) is 0 Å². The van der Waals surface area contributed by atoms with E-state index in [4.69, 9.17) is 19.4 Å². The highest BCUT2D eigenvalue weighted by atomic mass is 16.3. The smallest absolute Gasteiger partial charge is 0.167 e. The van der Waals surface area contributed by atoms with Crippen LogP contribution in [0.2, 0.25) is 0 Å². The van der Waals surface area contributed by atoms with Crippen molar-refractivity contribution < 1.29 is 4.42 Å². The lowest BCUT2D eigenvalue weighted by atomic mass is 9.99. The van der Waals surface area contributed by atoms with Gasteiger partial charge in [-0.3, -0.25) is 0 Å². The van der Waals surface area contributed by atoms with E-state index >= 15 is 0 Å². The summed E-state index contributed by atoms with van der Waals surface area (Å²) in [6, 6.07) is 70.3. The van der Waals surface area contributed by atoms with Gasteiger partial charge in [0.25, 0.3) is 0 Å². The van der Waals surface area contributed by atoms with Crippen molar-refractivity contribution in [3.63, 3.8) is 0 Å². The van der Waals surface area contributed by atoms with E-state index in [-0.39, 0.29) is 0 Å². The van der Waals surface area contributed by atoms with E-state index in [2.05, 4.69) is 149 Å². The van der Waals surface area contributed by atoms with Crippen LogP contribution in [0.5, 0.6) is 0 Å². The van der Waals surface area contributed by atoms with E-state index in [1.165, 1.54) is 32.6 Å². The highest BCUT2D eigenvalue weighted by molar-refractivity contribution is 6.25. The molecule has 0 atom stereocenters. The van der Waals surface area contributed by atoms with E-state index < -0.39 is 0 Å². The molecule has 0 aliphatic heterocycles. The number of aromatic nitrogens is 5. The Morgan fingerprint density at radius 3 is 1.49 bits per heavy atom. The zero-order valence-electron chi connectivity index (χ0n) is 32.7. The number of furan rings is 1. The Hall–Kier alpha value is -8.35. The maximum Gasteiger partial charge on any atom is 0.167 e. The zero-order valence-corrected chi connectivity index (χ0v) is 32.7. The molecule has 0 unspecified atom stereocenters. The normalized spacial score (nSPS) is 11.9. The molecule has 4 heterocycles. The molecule has 9 aromatic carbocycles. The summed E-state index contributed by atoms with van der Waals surface area (Å²) in [5.41, 5.74) is 11.0. The molecule has 6 nitrogen and oxygen atoms in total. The monoisotopic (exact) mass is 779 g/mol. The fraction of sp³-hybridized carbons (Fsp3) is 0. The van der Waals surface area contributed by atoms with Gasteiger partial charge >= 0.3 is 0 Å². The summed E-state index contributed by atoms with van der Waals surface area (Å²) in [5, 5.41) is 9.06. The standard InChI is InChI=1S/C55H33N5O/c1-4-16-34(17-5-1)53-56-54(35-18-6-2-7-19-35)58-55(57-53)45-32-36-20-10-11-23-39(36)49-44-33-38(28-31-48(44)61-52(45)49)60-47-27-15-13-25-41(47)43-30-29-42-40-24-12-14-26-46(40)59(50(42)51(43)60)37-21-8-3-9-22-37/h1-33H. The third-order valence-electron chi connectivity index (χ3n) is 12.1. The highest BCUT2D eigenvalue weighted by Crippen LogP contribution is 2.45. The summed E-state index contributed by atoms with van der Waals surface area (Å²) in [5.74, 6) is 1.77. The van der Waals surface area contributed by atoms with Gasteiger partial charge in [0.05, 0.1) is 27.6 Å². The summed E-state index contributed by atoms with van der Waals surface area (Å²) in [6.07, 6.45) is 0. The van der Waals surface area contributed by atoms with Gasteiger partial charge in [-0.05, 0) is 59.3 Å². The van der Waals surface area contributed by atoms with Crippen LogP contribution in [0.25, 0.3) is 122 Å². The molecule has 0 amide bonds. The molecule has 0 radical (unpaired) electrons. The van der Waals surface area contributed by atoms with Crippen molar-refractivity contribution in [1.29, 1.82) is 0 Å². The summed E-state index contributed by atoms with van der Waals surface area (Å²) in [7, 11) is 0. The van der Waals surface area contributed by atoms with Crippen molar-refractivity contribution in [3.8, 4) is 45.5 Å². The minimum Gasteiger partial charge on any atom is -0.455 e. The Bertz CT molecular complexity index is 3810. The number of nitrogens with zero attached hydrogens (tertiary/aromatic N) is 5. The summed E-state index contributed by atoms with van der Waals surface area (Å²) >= 11 is 0. The largest absolute Gasteiger partial charge is 0.455 e. The first-order chi connectivity index (χ1) is 30.3. The molecule has 0 bridgehead atoms. The molecule has 0 saturated carbocycles. The van der Waals surface area contributed by atoms with Crippen molar-refractivity contribution in [2.75, 3.05) is 0 Å². The molecule has 0 spiro atoms. The average Bonchev–Trinajstić information content (AvgIpc) is 4.00. The Labute approximate surface area is 349 Å². The number of hydrogen-bond donors (Lipinski definition) is 0. The first-order valence-electron chi connectivity index (χ1n) is 20.5. The van der Waals surface area contributed by atoms with Crippen LogP contribution in [-0.4, -0.2) is 24.1 Å². The Balaban J connectivity index is 1.12. The van der Waals surface area contributed by atoms with Crippen LogP contribution in [0.4, 0.5) is 0 Å². The van der Waals surface area contributed by atoms with Gasteiger partial charge in [-0.2, -0.15) is 0 Å². The maximum absolute atomic E-state index is 6.96. The average molecular weight is 780 g/mol. The first kappa shape index (κ1) is 33.6. The molecule has 0 saturated heterocycles. The van der Waals surface area contributed by atoms with Crippen molar-refractivity contribution in [2.24, 2.45) is 0 Å². The number of rotatable bonds is 5. The predicted octanol–water partition coefficient (Wildman–Crippen LogP) is 14.1. The SMILES string of the molecule is c1ccc(-c2nc(-c3ccccc3)nc(-c3cc4ccccc4c4c3oc3ccc(-n5c6ccccc6c6ccc7c8ccccc8n(-c8ccccc8)c7c65)cc34)n2)cc1. The van der Waals surface area contributed by atoms with E-state index in [1.54, 1.807) is 0 Å². The van der Waals surface area contributed by atoms with Gasteiger partial charge in [-0.1, -0.05) is 152 Å². The van der Waals surface area contributed by atoms with Gasteiger partial charge < -0.3 is 13.6 Å². The molecular formula is C55H33N5O. The third kappa shape index (κ3) is 5.06. The molecule has 61 heavy (non-hydrogen) atoms. The van der Waals surface area contributed by atoms with Gasteiger partial charge in [0.2, 0.25) is 0 Å². The van der Waals surface area contributed by atoms with Gasteiger partial charge in [-0.15, -0.1) is 0 Å². The molecule has 6 heteroatoms. The molecule has 0 fully saturated rings. The summed E-state index contributed by atoms with van der Waals surface area (Å²) < 4.78 is 11.8. The number of hydrogen-bond acceptors (Lipinski definition) is 4.